The molecule has 1 aromatic heterocycles. The summed E-state index contributed by atoms with van der Waals surface area (Å²) in [6.45, 7) is 7.63. The van der Waals surface area contributed by atoms with Gasteiger partial charge in [-0.05, 0) is 43.5 Å². The highest BCUT2D eigenvalue weighted by Gasteiger charge is 2.09. The number of anilines is 4. The molecule has 3 rings (SSSR count). The van der Waals surface area contributed by atoms with Crippen molar-refractivity contribution in [2.24, 2.45) is 5.73 Å². The highest BCUT2D eigenvalue weighted by Crippen LogP contribution is 2.17. The molecule has 210 valence electrons. The average molecular weight is 537 g/mol. The zero-order valence-corrected chi connectivity index (χ0v) is 22.8. The molecule has 1 heterocycles. The zero-order valence-electron chi connectivity index (χ0n) is 22.8. The standard InChI is InChI=1S/C28H40N8O3/c1-21(2)32-27-34-26(31-14-12-22-6-4-3-5-7-22)35-28(36-27)33-24-10-8-23(9-11-24)20-25(37)30-15-17-39-19-18-38-16-13-29/h3-11,21H,12-20,29H2,1-2H3,(H,30,37)(H3,31,32,33,34,35,36). The number of nitrogens with one attached hydrogen (secondary N) is 4. The van der Waals surface area contributed by atoms with Crippen LogP contribution >= 0.6 is 0 Å². The first-order valence-corrected chi connectivity index (χ1v) is 13.3. The van der Waals surface area contributed by atoms with Crippen LogP contribution in [0.25, 0.3) is 0 Å². The number of benzene rings is 2. The van der Waals surface area contributed by atoms with E-state index < -0.39 is 0 Å². The summed E-state index contributed by atoms with van der Waals surface area (Å²) in [7, 11) is 0. The lowest BCUT2D eigenvalue weighted by molar-refractivity contribution is -0.120. The topological polar surface area (TPSA) is 148 Å². The van der Waals surface area contributed by atoms with Crippen molar-refractivity contribution in [2.45, 2.75) is 32.7 Å². The van der Waals surface area contributed by atoms with E-state index in [2.05, 4.69) is 48.4 Å². The van der Waals surface area contributed by atoms with Gasteiger partial charge in [0.15, 0.2) is 0 Å². The Balaban J connectivity index is 1.48. The van der Waals surface area contributed by atoms with Crippen molar-refractivity contribution in [1.29, 1.82) is 0 Å². The molecular formula is C28H40N8O3. The van der Waals surface area contributed by atoms with Crippen molar-refractivity contribution in [3.63, 3.8) is 0 Å². The molecular weight excluding hydrogens is 496 g/mol. The van der Waals surface area contributed by atoms with E-state index in [1.54, 1.807) is 0 Å². The van der Waals surface area contributed by atoms with E-state index in [1.165, 1.54) is 5.56 Å². The molecule has 0 unspecified atom stereocenters. The van der Waals surface area contributed by atoms with E-state index in [0.717, 1.165) is 17.7 Å². The third kappa shape index (κ3) is 12.1. The van der Waals surface area contributed by atoms with Crippen molar-refractivity contribution in [2.75, 3.05) is 62.0 Å². The summed E-state index contributed by atoms with van der Waals surface area (Å²) in [4.78, 5) is 25.8. The van der Waals surface area contributed by atoms with Gasteiger partial charge in [0.05, 0.1) is 32.8 Å². The molecule has 2 aromatic carbocycles. The first-order valence-electron chi connectivity index (χ1n) is 13.3. The lowest BCUT2D eigenvalue weighted by Crippen LogP contribution is -2.29. The number of ether oxygens (including phenoxy) is 2. The molecule has 0 aliphatic rings. The number of rotatable bonds is 18. The second-order valence-electron chi connectivity index (χ2n) is 9.13. The minimum atomic E-state index is -0.0632. The predicted octanol–water partition coefficient (Wildman–Crippen LogP) is 2.74. The monoisotopic (exact) mass is 536 g/mol. The minimum Gasteiger partial charge on any atom is -0.378 e. The molecule has 0 bridgehead atoms. The Morgan fingerprint density at radius 2 is 1.51 bits per heavy atom. The van der Waals surface area contributed by atoms with Crippen molar-refractivity contribution in [3.8, 4) is 0 Å². The number of hydrogen-bond donors (Lipinski definition) is 5. The molecule has 39 heavy (non-hydrogen) atoms. The maximum absolute atomic E-state index is 12.2. The smallest absolute Gasteiger partial charge is 0.233 e. The van der Waals surface area contributed by atoms with E-state index >= 15 is 0 Å². The van der Waals surface area contributed by atoms with Crippen LogP contribution in [0.1, 0.15) is 25.0 Å². The molecule has 3 aromatic rings. The average Bonchev–Trinajstić information content (AvgIpc) is 2.91. The number of amides is 1. The Hall–Kier alpha value is -3.80. The molecule has 0 aliphatic heterocycles. The molecule has 0 atom stereocenters. The van der Waals surface area contributed by atoms with E-state index in [-0.39, 0.29) is 18.4 Å². The number of hydrogen-bond acceptors (Lipinski definition) is 10. The van der Waals surface area contributed by atoms with Crippen molar-refractivity contribution >= 4 is 29.4 Å². The van der Waals surface area contributed by atoms with Crippen LogP contribution in [0.2, 0.25) is 0 Å². The lowest BCUT2D eigenvalue weighted by Gasteiger charge is -2.13. The molecule has 6 N–H and O–H groups in total. The zero-order chi connectivity index (χ0) is 27.7. The summed E-state index contributed by atoms with van der Waals surface area (Å²) >= 11 is 0. The van der Waals surface area contributed by atoms with Crippen LogP contribution in [0.3, 0.4) is 0 Å². The van der Waals surface area contributed by atoms with Gasteiger partial charge in [-0.15, -0.1) is 0 Å². The summed E-state index contributed by atoms with van der Waals surface area (Å²) in [5.74, 6) is 1.35. The summed E-state index contributed by atoms with van der Waals surface area (Å²) in [5.41, 5.74) is 8.30. The van der Waals surface area contributed by atoms with Crippen molar-refractivity contribution in [3.05, 3.63) is 65.7 Å². The van der Waals surface area contributed by atoms with Gasteiger partial charge in [0.1, 0.15) is 0 Å². The fourth-order valence-electron chi connectivity index (χ4n) is 3.55. The van der Waals surface area contributed by atoms with Gasteiger partial charge in [-0.1, -0.05) is 42.5 Å². The normalized spacial score (nSPS) is 10.9. The van der Waals surface area contributed by atoms with Gasteiger partial charge < -0.3 is 36.5 Å². The molecule has 11 heteroatoms. The Kier molecular flexibility index (Phi) is 12.9. The van der Waals surface area contributed by atoms with E-state index in [1.807, 2.05) is 56.3 Å². The maximum Gasteiger partial charge on any atom is 0.233 e. The summed E-state index contributed by atoms with van der Waals surface area (Å²) in [6.07, 6.45) is 1.14. The quantitative estimate of drug-likeness (QED) is 0.154. The van der Waals surface area contributed by atoms with Gasteiger partial charge in [-0.3, -0.25) is 4.79 Å². The van der Waals surface area contributed by atoms with Crippen LogP contribution in [0.15, 0.2) is 54.6 Å². The molecule has 0 radical (unpaired) electrons. The summed E-state index contributed by atoms with van der Waals surface area (Å²) in [5, 5.41) is 12.6. The minimum absolute atomic E-state index is 0.0632. The SMILES string of the molecule is CC(C)Nc1nc(NCCc2ccccc2)nc(Nc2ccc(CC(=O)NCCOCCOCCN)cc2)n1. The van der Waals surface area contributed by atoms with Gasteiger partial charge >= 0.3 is 0 Å². The molecule has 0 fully saturated rings. The van der Waals surface area contributed by atoms with Crippen LogP contribution in [-0.2, 0) is 27.1 Å². The van der Waals surface area contributed by atoms with Crippen LogP contribution in [0.5, 0.6) is 0 Å². The number of nitrogens with two attached hydrogens (primary N) is 1. The molecule has 1 amide bonds. The first kappa shape index (κ1) is 29.8. The van der Waals surface area contributed by atoms with Crippen molar-refractivity contribution < 1.29 is 14.3 Å². The number of nitrogens with zero attached hydrogens (tertiary/aromatic N) is 3. The fraction of sp³-hybridized carbons (Fsp3) is 0.429. The van der Waals surface area contributed by atoms with Crippen LogP contribution in [0.4, 0.5) is 23.5 Å². The predicted molar refractivity (Wildman–Crippen MR) is 154 cm³/mol. The molecule has 0 saturated carbocycles. The Bertz CT molecular complexity index is 1110. The van der Waals surface area contributed by atoms with Gasteiger partial charge in [0.2, 0.25) is 23.8 Å². The summed E-state index contributed by atoms with van der Waals surface area (Å²) in [6, 6.07) is 18.0. The molecule has 0 spiro atoms. The highest BCUT2D eigenvalue weighted by atomic mass is 16.5. The van der Waals surface area contributed by atoms with Gasteiger partial charge in [-0.25, -0.2) is 0 Å². The van der Waals surface area contributed by atoms with Crippen LogP contribution < -0.4 is 27.0 Å². The fourth-order valence-corrected chi connectivity index (χ4v) is 3.55. The number of aromatic nitrogens is 3. The van der Waals surface area contributed by atoms with Crippen LogP contribution in [-0.4, -0.2) is 73.0 Å². The summed E-state index contributed by atoms with van der Waals surface area (Å²) < 4.78 is 10.7. The van der Waals surface area contributed by atoms with E-state index in [0.29, 0.717) is 63.9 Å². The van der Waals surface area contributed by atoms with Crippen LogP contribution in [0, 0.1) is 0 Å². The Morgan fingerprint density at radius 3 is 2.23 bits per heavy atom. The third-order valence-corrected chi connectivity index (χ3v) is 5.37. The third-order valence-electron chi connectivity index (χ3n) is 5.37. The lowest BCUT2D eigenvalue weighted by atomic mass is 10.1. The second kappa shape index (κ2) is 16.9. The van der Waals surface area contributed by atoms with Crippen molar-refractivity contribution in [1.82, 2.24) is 20.3 Å². The number of carbonyl (C=O) groups excluding carboxylic acids is 1. The molecule has 11 nitrogen and oxygen atoms in total. The largest absolute Gasteiger partial charge is 0.378 e. The Labute approximate surface area is 230 Å². The van der Waals surface area contributed by atoms with E-state index in [9.17, 15) is 4.79 Å². The van der Waals surface area contributed by atoms with Gasteiger partial charge in [0.25, 0.3) is 0 Å². The first-order chi connectivity index (χ1) is 19.0. The highest BCUT2D eigenvalue weighted by molar-refractivity contribution is 5.78. The second-order valence-corrected chi connectivity index (χ2v) is 9.13. The number of carbonyl (C=O) groups is 1. The van der Waals surface area contributed by atoms with Gasteiger partial charge in [-0.2, -0.15) is 15.0 Å². The van der Waals surface area contributed by atoms with Gasteiger partial charge in [0, 0.05) is 31.4 Å². The van der Waals surface area contributed by atoms with E-state index in [4.69, 9.17) is 15.2 Å². The maximum atomic E-state index is 12.2. The molecule has 0 saturated heterocycles. The molecule has 0 aliphatic carbocycles. The Morgan fingerprint density at radius 1 is 0.821 bits per heavy atom.